The molecule has 2 aliphatic rings. The highest BCUT2D eigenvalue weighted by Crippen LogP contribution is 2.40. The van der Waals surface area contributed by atoms with Gasteiger partial charge in [-0.25, -0.2) is 9.97 Å². The third-order valence-corrected chi connectivity index (χ3v) is 6.85. The summed E-state index contributed by atoms with van der Waals surface area (Å²) in [6.07, 6.45) is 9.34. The maximum atomic E-state index is 12.6. The molecule has 2 aromatic heterocycles. The normalized spacial score (nSPS) is 19.9. The van der Waals surface area contributed by atoms with Gasteiger partial charge in [-0.3, -0.25) is 4.79 Å². The molecule has 1 N–H and O–H groups in total. The minimum atomic E-state index is 0.0285. The average molecular weight is 389 g/mol. The number of piperidine rings is 1. The van der Waals surface area contributed by atoms with Crippen molar-refractivity contribution in [3.05, 3.63) is 16.8 Å². The molecule has 4 rings (SSSR count). The van der Waals surface area contributed by atoms with Gasteiger partial charge in [0.25, 0.3) is 0 Å². The standard InChI is InChI=1S/C20H28N4O2S/c1-26-11-5-9-21-19(25)14-6-4-10-24(12-14)18-17-15-7-2-3-8-16(15)27-20(17)23-13-22-18/h13-14H,2-12H2,1H3,(H,21,25). The smallest absolute Gasteiger partial charge is 0.224 e. The van der Waals surface area contributed by atoms with Crippen molar-refractivity contribution in [2.45, 2.75) is 44.9 Å². The number of ether oxygens (including phenoxy) is 1. The highest BCUT2D eigenvalue weighted by Gasteiger charge is 2.29. The highest BCUT2D eigenvalue weighted by atomic mass is 32.1. The Kier molecular flexibility index (Phi) is 5.88. The fourth-order valence-corrected chi connectivity index (χ4v) is 5.49. The Labute approximate surface area is 164 Å². The van der Waals surface area contributed by atoms with Crippen LogP contribution in [0.5, 0.6) is 0 Å². The van der Waals surface area contributed by atoms with Crippen LogP contribution in [0, 0.1) is 5.92 Å². The first kappa shape index (κ1) is 18.6. The molecule has 1 unspecified atom stereocenters. The lowest BCUT2D eigenvalue weighted by Crippen LogP contribution is -2.43. The van der Waals surface area contributed by atoms with Gasteiger partial charge < -0.3 is 15.0 Å². The van der Waals surface area contributed by atoms with Crippen LogP contribution in [0.15, 0.2) is 6.33 Å². The topological polar surface area (TPSA) is 67.3 Å². The van der Waals surface area contributed by atoms with Crippen molar-refractivity contribution < 1.29 is 9.53 Å². The Balaban J connectivity index is 1.51. The van der Waals surface area contributed by atoms with Gasteiger partial charge >= 0.3 is 0 Å². The van der Waals surface area contributed by atoms with Gasteiger partial charge in [0.2, 0.25) is 5.91 Å². The summed E-state index contributed by atoms with van der Waals surface area (Å²) in [5.41, 5.74) is 1.46. The molecule has 146 valence electrons. The maximum absolute atomic E-state index is 12.6. The number of fused-ring (bicyclic) bond motifs is 3. The van der Waals surface area contributed by atoms with E-state index in [1.807, 2.05) is 11.3 Å². The number of anilines is 1. The highest BCUT2D eigenvalue weighted by molar-refractivity contribution is 7.19. The molecular weight excluding hydrogens is 360 g/mol. The summed E-state index contributed by atoms with van der Waals surface area (Å²) < 4.78 is 5.05. The quantitative estimate of drug-likeness (QED) is 0.771. The lowest BCUT2D eigenvalue weighted by Gasteiger charge is -2.33. The number of nitrogens with zero attached hydrogens (tertiary/aromatic N) is 3. The maximum Gasteiger partial charge on any atom is 0.224 e. The summed E-state index contributed by atoms with van der Waals surface area (Å²) in [7, 11) is 1.69. The van der Waals surface area contributed by atoms with E-state index in [4.69, 9.17) is 4.74 Å². The van der Waals surface area contributed by atoms with Crippen LogP contribution in [0.25, 0.3) is 10.2 Å². The molecule has 0 aromatic carbocycles. The van der Waals surface area contributed by atoms with Crippen LogP contribution in [-0.4, -0.2) is 49.2 Å². The minimum absolute atomic E-state index is 0.0285. The summed E-state index contributed by atoms with van der Waals surface area (Å²) in [6.45, 7) is 3.06. The first-order valence-electron chi connectivity index (χ1n) is 10.0. The van der Waals surface area contributed by atoms with Gasteiger partial charge in [-0.15, -0.1) is 11.3 Å². The predicted molar refractivity (Wildman–Crippen MR) is 108 cm³/mol. The van der Waals surface area contributed by atoms with Gasteiger partial charge in [-0.1, -0.05) is 0 Å². The van der Waals surface area contributed by atoms with E-state index in [0.717, 1.165) is 49.4 Å². The van der Waals surface area contributed by atoms with Crippen LogP contribution in [0.1, 0.15) is 42.5 Å². The molecule has 1 saturated heterocycles. The predicted octanol–water partition coefficient (Wildman–Crippen LogP) is 2.94. The second-order valence-corrected chi connectivity index (χ2v) is 8.59. The largest absolute Gasteiger partial charge is 0.385 e. The van der Waals surface area contributed by atoms with Crippen molar-refractivity contribution in [3.63, 3.8) is 0 Å². The number of hydrogen-bond donors (Lipinski definition) is 1. The number of hydrogen-bond acceptors (Lipinski definition) is 6. The minimum Gasteiger partial charge on any atom is -0.385 e. The van der Waals surface area contributed by atoms with Crippen LogP contribution < -0.4 is 10.2 Å². The van der Waals surface area contributed by atoms with E-state index in [2.05, 4.69) is 20.2 Å². The van der Waals surface area contributed by atoms with Gasteiger partial charge in [-0.05, 0) is 50.5 Å². The molecule has 1 aliphatic heterocycles. The van der Waals surface area contributed by atoms with E-state index in [9.17, 15) is 4.79 Å². The van der Waals surface area contributed by atoms with Crippen LogP contribution >= 0.6 is 11.3 Å². The summed E-state index contributed by atoms with van der Waals surface area (Å²) in [5.74, 6) is 1.23. The number of aryl methyl sites for hydroxylation is 2. The SMILES string of the molecule is COCCCNC(=O)C1CCCN(c2ncnc3sc4c(c23)CCCC4)C1. The van der Waals surface area contributed by atoms with Crippen molar-refractivity contribution in [3.8, 4) is 0 Å². The first-order valence-corrected chi connectivity index (χ1v) is 10.9. The number of rotatable bonds is 6. The molecule has 2 aromatic rings. The van der Waals surface area contributed by atoms with E-state index < -0.39 is 0 Å². The van der Waals surface area contributed by atoms with E-state index in [1.165, 1.54) is 35.1 Å². The fraction of sp³-hybridized carbons (Fsp3) is 0.650. The first-order chi connectivity index (χ1) is 13.3. The number of aromatic nitrogens is 2. The number of methoxy groups -OCH3 is 1. The zero-order valence-electron chi connectivity index (χ0n) is 16.0. The van der Waals surface area contributed by atoms with E-state index in [0.29, 0.717) is 13.2 Å². The third-order valence-electron chi connectivity index (χ3n) is 5.65. The van der Waals surface area contributed by atoms with Crippen LogP contribution in [-0.2, 0) is 22.4 Å². The molecule has 0 spiro atoms. The Bertz CT molecular complexity index is 807. The Hall–Kier alpha value is -1.73. The number of carbonyl (C=O) groups is 1. The molecule has 1 aliphatic carbocycles. The molecule has 6 nitrogen and oxygen atoms in total. The van der Waals surface area contributed by atoms with Gasteiger partial charge in [-0.2, -0.15) is 0 Å². The lowest BCUT2D eigenvalue weighted by molar-refractivity contribution is -0.125. The summed E-state index contributed by atoms with van der Waals surface area (Å²) in [4.78, 5) is 26.7. The van der Waals surface area contributed by atoms with Crippen molar-refractivity contribution in [1.29, 1.82) is 0 Å². The molecule has 1 amide bonds. The monoisotopic (exact) mass is 388 g/mol. The molecule has 0 radical (unpaired) electrons. The van der Waals surface area contributed by atoms with E-state index >= 15 is 0 Å². The molecule has 0 saturated carbocycles. The van der Waals surface area contributed by atoms with Crippen molar-refractivity contribution in [2.24, 2.45) is 5.92 Å². The van der Waals surface area contributed by atoms with Gasteiger partial charge in [0.05, 0.1) is 11.3 Å². The molecule has 1 atom stereocenters. The van der Waals surface area contributed by atoms with Gasteiger partial charge in [0, 0.05) is 38.2 Å². The molecule has 1 fully saturated rings. The molecule has 7 heteroatoms. The molecule has 0 bridgehead atoms. The Morgan fingerprint density at radius 3 is 3.11 bits per heavy atom. The van der Waals surface area contributed by atoms with Crippen molar-refractivity contribution in [2.75, 3.05) is 38.3 Å². The Morgan fingerprint density at radius 2 is 2.22 bits per heavy atom. The van der Waals surface area contributed by atoms with Crippen LogP contribution in [0.2, 0.25) is 0 Å². The van der Waals surface area contributed by atoms with Gasteiger partial charge in [0.15, 0.2) is 0 Å². The number of thiophene rings is 1. The van der Waals surface area contributed by atoms with Crippen LogP contribution in [0.4, 0.5) is 5.82 Å². The van der Waals surface area contributed by atoms with E-state index in [-0.39, 0.29) is 11.8 Å². The summed E-state index contributed by atoms with van der Waals surface area (Å²) in [6, 6.07) is 0. The summed E-state index contributed by atoms with van der Waals surface area (Å²) in [5, 5.41) is 4.31. The second kappa shape index (κ2) is 8.52. The van der Waals surface area contributed by atoms with E-state index in [1.54, 1.807) is 13.4 Å². The molecular formula is C20H28N4O2S. The van der Waals surface area contributed by atoms with Crippen molar-refractivity contribution in [1.82, 2.24) is 15.3 Å². The zero-order chi connectivity index (χ0) is 18.6. The van der Waals surface area contributed by atoms with Crippen molar-refractivity contribution >= 4 is 33.3 Å². The number of amides is 1. The Morgan fingerprint density at radius 1 is 1.33 bits per heavy atom. The molecule has 3 heterocycles. The molecule has 27 heavy (non-hydrogen) atoms. The zero-order valence-corrected chi connectivity index (χ0v) is 16.8. The third kappa shape index (κ3) is 3.94. The second-order valence-electron chi connectivity index (χ2n) is 7.51. The fourth-order valence-electron chi connectivity index (χ4n) is 4.27. The van der Waals surface area contributed by atoms with Crippen LogP contribution in [0.3, 0.4) is 0 Å². The number of nitrogens with one attached hydrogen (secondary N) is 1. The average Bonchev–Trinajstić information content (AvgIpc) is 3.10. The lowest BCUT2D eigenvalue weighted by atomic mass is 9.95. The number of carbonyl (C=O) groups excluding carboxylic acids is 1. The van der Waals surface area contributed by atoms with Gasteiger partial charge in [0.1, 0.15) is 17.0 Å². The summed E-state index contributed by atoms with van der Waals surface area (Å²) >= 11 is 1.83.